The number of benzene rings is 1. The molecule has 0 spiro atoms. The number of nitrogens with one attached hydrogen (secondary N) is 1. The topological polar surface area (TPSA) is 49.3 Å². The predicted octanol–water partition coefficient (Wildman–Crippen LogP) is 1.56. The highest BCUT2D eigenvalue weighted by Gasteiger charge is 2.06. The lowest BCUT2D eigenvalue weighted by atomic mass is 10.1. The molecule has 0 unspecified atom stereocenters. The van der Waals surface area contributed by atoms with Crippen LogP contribution in [-0.4, -0.2) is 24.5 Å². The minimum Gasteiger partial charge on any atom is -0.507 e. The van der Waals surface area contributed by atoms with Crippen LogP contribution in [0.25, 0.3) is 0 Å². The molecule has 0 fully saturated rings. The van der Waals surface area contributed by atoms with Gasteiger partial charge in [-0.1, -0.05) is 0 Å². The second kappa shape index (κ2) is 4.39. The molecule has 3 nitrogen and oxygen atoms in total. The van der Waals surface area contributed by atoms with E-state index >= 15 is 0 Å². The molecule has 13 heavy (non-hydrogen) atoms. The summed E-state index contributed by atoms with van der Waals surface area (Å²) in [6.07, 6.45) is 0. The SMILES string of the molecule is CNCC(=O)c1ccc(O)c(Br)c1. The molecule has 0 atom stereocenters. The first-order valence-electron chi connectivity index (χ1n) is 3.81. The van der Waals surface area contributed by atoms with Gasteiger partial charge >= 0.3 is 0 Å². The Morgan fingerprint density at radius 1 is 1.62 bits per heavy atom. The van der Waals surface area contributed by atoms with E-state index in [-0.39, 0.29) is 11.5 Å². The molecule has 0 aliphatic heterocycles. The molecule has 0 saturated carbocycles. The van der Waals surface area contributed by atoms with Gasteiger partial charge in [-0.25, -0.2) is 0 Å². The molecule has 2 N–H and O–H groups in total. The molecule has 1 rings (SSSR count). The van der Waals surface area contributed by atoms with Crippen molar-refractivity contribution < 1.29 is 9.90 Å². The van der Waals surface area contributed by atoms with Crippen molar-refractivity contribution >= 4 is 21.7 Å². The molecule has 1 aromatic rings. The molecule has 0 aromatic heterocycles. The van der Waals surface area contributed by atoms with Crippen molar-refractivity contribution in [3.63, 3.8) is 0 Å². The van der Waals surface area contributed by atoms with Crippen LogP contribution in [0.15, 0.2) is 22.7 Å². The third kappa shape index (κ3) is 2.54. The minimum atomic E-state index is 0.00296. The van der Waals surface area contributed by atoms with Crippen LogP contribution in [0.5, 0.6) is 5.75 Å². The van der Waals surface area contributed by atoms with Gasteiger partial charge in [0.2, 0.25) is 0 Å². The highest BCUT2D eigenvalue weighted by atomic mass is 79.9. The highest BCUT2D eigenvalue weighted by Crippen LogP contribution is 2.24. The number of hydrogen-bond acceptors (Lipinski definition) is 3. The van der Waals surface area contributed by atoms with E-state index in [1.165, 1.54) is 6.07 Å². The van der Waals surface area contributed by atoms with Crippen LogP contribution >= 0.6 is 15.9 Å². The fraction of sp³-hybridized carbons (Fsp3) is 0.222. The Bertz CT molecular complexity index is 325. The van der Waals surface area contributed by atoms with Crippen LogP contribution in [0.3, 0.4) is 0 Å². The first kappa shape index (κ1) is 10.2. The van der Waals surface area contributed by atoms with E-state index in [1.807, 2.05) is 0 Å². The third-order valence-electron chi connectivity index (χ3n) is 1.61. The van der Waals surface area contributed by atoms with Crippen molar-refractivity contribution in [1.29, 1.82) is 0 Å². The van der Waals surface area contributed by atoms with E-state index < -0.39 is 0 Å². The maximum atomic E-state index is 11.3. The molecule has 0 amide bonds. The van der Waals surface area contributed by atoms with Gasteiger partial charge in [-0.15, -0.1) is 0 Å². The van der Waals surface area contributed by atoms with Gasteiger partial charge in [0, 0.05) is 5.56 Å². The molecular weight excluding hydrogens is 234 g/mol. The number of phenolic OH excluding ortho intramolecular Hbond substituents is 1. The molecule has 4 heteroatoms. The summed E-state index contributed by atoms with van der Waals surface area (Å²) in [6.45, 7) is 0.303. The van der Waals surface area contributed by atoms with E-state index in [1.54, 1.807) is 19.2 Å². The lowest BCUT2D eigenvalue weighted by molar-refractivity contribution is 0.0993. The smallest absolute Gasteiger partial charge is 0.176 e. The van der Waals surface area contributed by atoms with Crippen LogP contribution in [-0.2, 0) is 0 Å². The summed E-state index contributed by atoms with van der Waals surface area (Å²) < 4.78 is 0.537. The number of Topliss-reactive ketones (excluding diaryl/α,β-unsaturated/α-hetero) is 1. The summed E-state index contributed by atoms with van der Waals surface area (Å²) in [5, 5.41) is 12.0. The first-order chi connectivity index (χ1) is 6.15. The molecular formula is C9H10BrNO2. The maximum Gasteiger partial charge on any atom is 0.176 e. The predicted molar refractivity (Wildman–Crippen MR) is 54.1 cm³/mol. The number of carbonyl (C=O) groups excluding carboxylic acids is 1. The normalized spacial score (nSPS) is 10.0. The van der Waals surface area contributed by atoms with Gasteiger partial charge in [-0.3, -0.25) is 4.79 Å². The van der Waals surface area contributed by atoms with E-state index in [0.717, 1.165) is 0 Å². The quantitative estimate of drug-likeness (QED) is 0.793. The molecule has 0 bridgehead atoms. The van der Waals surface area contributed by atoms with Crippen LogP contribution in [0.1, 0.15) is 10.4 Å². The van der Waals surface area contributed by atoms with Gasteiger partial charge in [0.1, 0.15) is 5.75 Å². The number of hydrogen-bond donors (Lipinski definition) is 2. The molecule has 70 valence electrons. The molecule has 0 heterocycles. The van der Waals surface area contributed by atoms with Gasteiger partial charge in [-0.05, 0) is 41.2 Å². The number of phenols is 1. The van der Waals surface area contributed by atoms with Gasteiger partial charge in [-0.2, -0.15) is 0 Å². The van der Waals surface area contributed by atoms with Crippen molar-refractivity contribution in [3.8, 4) is 5.75 Å². The van der Waals surface area contributed by atoms with Gasteiger partial charge in [0.05, 0.1) is 11.0 Å². The van der Waals surface area contributed by atoms with Crippen molar-refractivity contribution in [2.24, 2.45) is 0 Å². The summed E-state index contributed by atoms with van der Waals surface area (Å²) in [5.74, 6) is 0.143. The van der Waals surface area contributed by atoms with Crippen molar-refractivity contribution in [1.82, 2.24) is 5.32 Å². The second-order valence-corrected chi connectivity index (χ2v) is 3.47. The summed E-state index contributed by atoms with van der Waals surface area (Å²) in [7, 11) is 1.72. The van der Waals surface area contributed by atoms with Crippen LogP contribution in [0.4, 0.5) is 0 Å². The monoisotopic (exact) mass is 243 g/mol. The Hall–Kier alpha value is -0.870. The summed E-state index contributed by atoms with van der Waals surface area (Å²) >= 11 is 3.14. The zero-order valence-electron chi connectivity index (χ0n) is 7.17. The first-order valence-corrected chi connectivity index (χ1v) is 4.60. The van der Waals surface area contributed by atoms with E-state index in [2.05, 4.69) is 21.2 Å². The molecule has 0 aliphatic rings. The molecule has 0 aliphatic carbocycles. The highest BCUT2D eigenvalue weighted by molar-refractivity contribution is 9.10. The number of ketones is 1. The Labute approximate surface area is 84.9 Å². The van der Waals surface area contributed by atoms with Crippen LogP contribution in [0.2, 0.25) is 0 Å². The fourth-order valence-corrected chi connectivity index (χ4v) is 1.32. The van der Waals surface area contributed by atoms with Gasteiger partial charge in [0.25, 0.3) is 0 Å². The number of likely N-dealkylation sites (N-methyl/N-ethyl adjacent to an activating group) is 1. The molecule has 0 saturated heterocycles. The number of aromatic hydroxyl groups is 1. The zero-order valence-corrected chi connectivity index (χ0v) is 8.76. The van der Waals surface area contributed by atoms with E-state index in [9.17, 15) is 9.90 Å². The van der Waals surface area contributed by atoms with Crippen molar-refractivity contribution in [2.75, 3.05) is 13.6 Å². The lowest BCUT2D eigenvalue weighted by Gasteiger charge is -2.01. The van der Waals surface area contributed by atoms with Crippen molar-refractivity contribution in [3.05, 3.63) is 28.2 Å². The minimum absolute atomic E-state index is 0.00296. The fourth-order valence-electron chi connectivity index (χ4n) is 0.943. The average molecular weight is 244 g/mol. The lowest BCUT2D eigenvalue weighted by Crippen LogP contribution is -2.18. The number of rotatable bonds is 3. The Morgan fingerprint density at radius 3 is 2.85 bits per heavy atom. The number of halogens is 1. The molecule has 0 radical (unpaired) electrons. The third-order valence-corrected chi connectivity index (χ3v) is 2.24. The Morgan fingerprint density at radius 2 is 2.31 bits per heavy atom. The maximum absolute atomic E-state index is 11.3. The van der Waals surface area contributed by atoms with E-state index in [4.69, 9.17) is 0 Å². The number of carbonyl (C=O) groups is 1. The summed E-state index contributed by atoms with van der Waals surface area (Å²) in [4.78, 5) is 11.3. The van der Waals surface area contributed by atoms with Crippen LogP contribution in [0, 0.1) is 0 Å². The molecule has 1 aromatic carbocycles. The largest absolute Gasteiger partial charge is 0.507 e. The zero-order chi connectivity index (χ0) is 9.84. The van der Waals surface area contributed by atoms with Gasteiger partial charge < -0.3 is 10.4 Å². The Kier molecular flexibility index (Phi) is 3.45. The van der Waals surface area contributed by atoms with Crippen LogP contribution < -0.4 is 5.32 Å². The van der Waals surface area contributed by atoms with Crippen molar-refractivity contribution in [2.45, 2.75) is 0 Å². The standard InChI is InChI=1S/C9H10BrNO2/c1-11-5-9(13)6-2-3-8(12)7(10)4-6/h2-4,11-12H,5H2,1H3. The Balaban J connectivity index is 2.90. The second-order valence-electron chi connectivity index (χ2n) is 2.62. The summed E-state index contributed by atoms with van der Waals surface area (Å²) in [5.41, 5.74) is 0.582. The summed E-state index contributed by atoms with van der Waals surface area (Å²) in [6, 6.07) is 4.70. The van der Waals surface area contributed by atoms with E-state index in [0.29, 0.717) is 16.6 Å². The van der Waals surface area contributed by atoms with Gasteiger partial charge in [0.15, 0.2) is 5.78 Å². The average Bonchev–Trinajstić information content (AvgIpc) is 2.10.